The summed E-state index contributed by atoms with van der Waals surface area (Å²) in [6.45, 7) is 0.625. The van der Waals surface area contributed by atoms with Gasteiger partial charge in [0.1, 0.15) is 0 Å². The minimum atomic E-state index is -1.03. The molecule has 1 saturated carbocycles. The van der Waals surface area contributed by atoms with Crippen molar-refractivity contribution in [1.29, 1.82) is 0 Å². The zero-order valence-electron chi connectivity index (χ0n) is 11.6. The number of carbonyl (C=O) groups excluding carboxylic acids is 1. The van der Waals surface area contributed by atoms with Crippen LogP contribution in [0.5, 0.6) is 0 Å². The number of urea groups is 1. The molecule has 0 saturated heterocycles. The van der Waals surface area contributed by atoms with Crippen LogP contribution >= 0.6 is 27.7 Å². The largest absolute Gasteiger partial charge is 0.478 e. The van der Waals surface area contributed by atoms with Gasteiger partial charge >= 0.3 is 12.0 Å². The van der Waals surface area contributed by atoms with Gasteiger partial charge in [-0.3, -0.25) is 0 Å². The normalized spacial score (nSPS) is 15.9. The maximum Gasteiger partial charge on any atom is 0.335 e. The fraction of sp³-hybridized carbons (Fsp3) is 0.429. The van der Waals surface area contributed by atoms with Crippen molar-refractivity contribution in [1.82, 2.24) is 5.32 Å². The van der Waals surface area contributed by atoms with Gasteiger partial charge in [-0.05, 0) is 37.3 Å². The molecule has 5 nitrogen and oxygen atoms in total. The number of hydrogen-bond donors (Lipinski definition) is 3. The molecule has 0 bridgehead atoms. The Balaban J connectivity index is 1.95. The second kappa shape index (κ2) is 6.70. The Bertz CT molecular complexity index is 556. The lowest BCUT2D eigenvalue weighted by Crippen LogP contribution is -2.46. The first kappa shape index (κ1) is 16.2. The van der Waals surface area contributed by atoms with Gasteiger partial charge in [-0.1, -0.05) is 22.4 Å². The first-order valence-corrected chi connectivity index (χ1v) is 8.60. The summed E-state index contributed by atoms with van der Waals surface area (Å²) in [5.74, 6) is -1.03. The van der Waals surface area contributed by atoms with E-state index >= 15 is 0 Å². The topological polar surface area (TPSA) is 78.4 Å². The molecule has 21 heavy (non-hydrogen) atoms. The van der Waals surface area contributed by atoms with E-state index in [9.17, 15) is 9.59 Å². The van der Waals surface area contributed by atoms with Crippen molar-refractivity contribution in [2.75, 3.05) is 18.1 Å². The number of rotatable bonds is 5. The Morgan fingerprint density at radius 2 is 2.10 bits per heavy atom. The summed E-state index contributed by atoms with van der Waals surface area (Å²) >= 11 is 5.02. The summed E-state index contributed by atoms with van der Waals surface area (Å²) in [5, 5.41) is 14.5. The second-order valence-electron chi connectivity index (χ2n) is 5.08. The molecule has 0 spiro atoms. The predicted octanol–water partition coefficient (Wildman–Crippen LogP) is 3.55. The Morgan fingerprint density at radius 3 is 2.62 bits per heavy atom. The highest BCUT2D eigenvalue weighted by Gasteiger charge is 2.36. The van der Waals surface area contributed by atoms with Crippen LogP contribution < -0.4 is 10.6 Å². The first-order chi connectivity index (χ1) is 9.94. The van der Waals surface area contributed by atoms with Crippen molar-refractivity contribution >= 4 is 45.4 Å². The molecule has 1 aromatic carbocycles. The number of amides is 2. The molecule has 2 rings (SSSR count). The van der Waals surface area contributed by atoms with Crippen LogP contribution in [-0.2, 0) is 0 Å². The molecule has 1 aromatic rings. The van der Waals surface area contributed by atoms with E-state index in [1.54, 1.807) is 17.8 Å². The first-order valence-electron chi connectivity index (χ1n) is 6.58. The minimum Gasteiger partial charge on any atom is -0.478 e. The number of halogens is 1. The molecule has 0 aromatic heterocycles. The maximum atomic E-state index is 11.9. The third-order valence-corrected chi connectivity index (χ3v) is 5.55. The van der Waals surface area contributed by atoms with Crippen LogP contribution in [0.15, 0.2) is 22.7 Å². The highest BCUT2D eigenvalue weighted by Crippen LogP contribution is 2.42. The van der Waals surface area contributed by atoms with Crippen molar-refractivity contribution in [3.8, 4) is 0 Å². The molecule has 0 heterocycles. The smallest absolute Gasteiger partial charge is 0.335 e. The summed E-state index contributed by atoms with van der Waals surface area (Å²) in [6.07, 6.45) is 5.51. The molecule has 7 heteroatoms. The van der Waals surface area contributed by atoms with Crippen molar-refractivity contribution in [3.05, 3.63) is 28.2 Å². The lowest BCUT2D eigenvalue weighted by Gasteiger charge is -2.40. The van der Waals surface area contributed by atoms with Crippen molar-refractivity contribution < 1.29 is 14.7 Å². The van der Waals surface area contributed by atoms with E-state index < -0.39 is 5.97 Å². The Labute approximate surface area is 136 Å². The molecule has 0 unspecified atom stereocenters. The summed E-state index contributed by atoms with van der Waals surface area (Å²) < 4.78 is 0.776. The van der Waals surface area contributed by atoms with Gasteiger partial charge < -0.3 is 15.7 Å². The number of benzene rings is 1. The molecular weight excluding hydrogens is 356 g/mol. The molecule has 0 aliphatic heterocycles. The molecule has 2 amide bonds. The van der Waals surface area contributed by atoms with Crippen LogP contribution in [0.2, 0.25) is 0 Å². The second-order valence-corrected chi connectivity index (χ2v) is 7.27. The molecule has 3 N–H and O–H groups in total. The Kier molecular flexibility index (Phi) is 5.16. The van der Waals surface area contributed by atoms with E-state index in [0.717, 1.165) is 12.8 Å². The van der Waals surface area contributed by atoms with Crippen LogP contribution in [-0.4, -0.2) is 34.7 Å². The SMILES string of the molecule is CSC1(CNC(=O)Nc2cc(Br)cc(C(=O)O)c2)CCC1. The van der Waals surface area contributed by atoms with Crippen LogP contribution in [0.4, 0.5) is 10.5 Å². The molecule has 1 aliphatic carbocycles. The number of carbonyl (C=O) groups is 2. The summed E-state index contributed by atoms with van der Waals surface area (Å²) in [4.78, 5) is 22.9. The maximum absolute atomic E-state index is 11.9. The molecular formula is C14H17BrN2O3S. The van der Waals surface area contributed by atoms with Crippen LogP contribution in [0, 0.1) is 0 Å². The van der Waals surface area contributed by atoms with Crippen LogP contribution in [0.25, 0.3) is 0 Å². The third kappa shape index (κ3) is 4.14. The van der Waals surface area contributed by atoms with Gasteiger partial charge in [0.25, 0.3) is 0 Å². The monoisotopic (exact) mass is 372 g/mol. The molecule has 1 fully saturated rings. The number of anilines is 1. The van der Waals surface area contributed by atoms with Gasteiger partial charge in [0.05, 0.1) is 5.56 Å². The van der Waals surface area contributed by atoms with Crippen molar-refractivity contribution in [2.45, 2.75) is 24.0 Å². The van der Waals surface area contributed by atoms with Gasteiger partial charge in [-0.15, -0.1) is 0 Å². The number of aromatic carboxylic acids is 1. The fourth-order valence-corrected chi connectivity index (χ4v) is 3.63. The zero-order chi connectivity index (χ0) is 15.5. The Hall–Kier alpha value is -1.21. The molecule has 0 radical (unpaired) electrons. The highest BCUT2D eigenvalue weighted by atomic mass is 79.9. The lowest BCUT2D eigenvalue weighted by atomic mass is 9.84. The average molecular weight is 373 g/mol. The number of hydrogen-bond acceptors (Lipinski definition) is 3. The molecule has 0 atom stereocenters. The standard InChI is InChI=1S/C14H17BrN2O3S/c1-21-14(3-2-4-14)8-16-13(20)17-11-6-9(12(18)19)5-10(15)7-11/h5-7H,2-4,8H2,1H3,(H,18,19)(H2,16,17,20). The highest BCUT2D eigenvalue weighted by molar-refractivity contribution is 9.10. The van der Waals surface area contributed by atoms with E-state index in [2.05, 4.69) is 32.8 Å². The van der Waals surface area contributed by atoms with Gasteiger partial charge in [-0.2, -0.15) is 11.8 Å². The fourth-order valence-electron chi connectivity index (χ4n) is 2.23. The summed E-state index contributed by atoms with van der Waals surface area (Å²) in [7, 11) is 0. The van der Waals surface area contributed by atoms with E-state index in [4.69, 9.17) is 5.11 Å². The van der Waals surface area contributed by atoms with Gasteiger partial charge in [-0.25, -0.2) is 9.59 Å². The Morgan fingerprint density at radius 1 is 1.38 bits per heavy atom. The van der Waals surface area contributed by atoms with E-state index in [1.165, 1.54) is 18.6 Å². The predicted molar refractivity (Wildman–Crippen MR) is 88.2 cm³/mol. The lowest BCUT2D eigenvalue weighted by molar-refractivity contribution is 0.0697. The number of thioether (sulfide) groups is 1. The molecule has 1 aliphatic rings. The van der Waals surface area contributed by atoms with Crippen LogP contribution in [0.3, 0.4) is 0 Å². The van der Waals surface area contributed by atoms with Gasteiger partial charge in [0.15, 0.2) is 0 Å². The minimum absolute atomic E-state index is 0.124. The van der Waals surface area contributed by atoms with E-state index in [0.29, 0.717) is 16.7 Å². The van der Waals surface area contributed by atoms with Crippen molar-refractivity contribution in [3.63, 3.8) is 0 Å². The number of nitrogens with one attached hydrogen (secondary N) is 2. The van der Waals surface area contributed by atoms with Gasteiger partial charge in [0.2, 0.25) is 0 Å². The van der Waals surface area contributed by atoms with Crippen LogP contribution in [0.1, 0.15) is 29.6 Å². The summed E-state index contributed by atoms with van der Waals surface area (Å²) in [5.41, 5.74) is 0.574. The number of carboxylic acid groups (broad SMARTS) is 1. The zero-order valence-corrected chi connectivity index (χ0v) is 14.0. The van der Waals surface area contributed by atoms with Crippen molar-refractivity contribution in [2.24, 2.45) is 0 Å². The third-order valence-electron chi connectivity index (χ3n) is 3.67. The number of carboxylic acids is 1. The summed E-state index contributed by atoms with van der Waals surface area (Å²) in [6, 6.07) is 4.27. The quantitative estimate of drug-likeness (QED) is 0.738. The molecule has 114 valence electrons. The van der Waals surface area contributed by atoms with E-state index in [1.807, 2.05) is 0 Å². The van der Waals surface area contributed by atoms with Gasteiger partial charge in [0, 0.05) is 21.5 Å². The average Bonchev–Trinajstić information content (AvgIpc) is 2.37. The van der Waals surface area contributed by atoms with E-state index in [-0.39, 0.29) is 16.3 Å².